The van der Waals surface area contributed by atoms with Crippen molar-refractivity contribution in [1.29, 1.82) is 0 Å². The smallest absolute Gasteiger partial charge is 0.340 e. The Hall–Kier alpha value is -2.44. The van der Waals surface area contributed by atoms with E-state index in [0.717, 1.165) is 18.2 Å². The van der Waals surface area contributed by atoms with Crippen LogP contribution in [0.4, 0.5) is 0 Å². The summed E-state index contributed by atoms with van der Waals surface area (Å²) in [5.41, 5.74) is 1.02. The monoisotopic (exact) mass is 360 g/mol. The molecule has 2 aromatic heterocycles. The van der Waals surface area contributed by atoms with Crippen molar-refractivity contribution in [2.45, 2.75) is 59.5 Å². The molecule has 0 bridgehead atoms. The Morgan fingerprint density at radius 2 is 1.88 bits per heavy atom. The molecule has 0 aliphatic carbocycles. The maximum Gasteiger partial charge on any atom is 0.340 e. The average Bonchev–Trinajstić information content (AvgIpc) is 3.01. The number of fused-ring (bicyclic) bond motifs is 1. The van der Waals surface area contributed by atoms with Gasteiger partial charge in [0.05, 0.1) is 11.8 Å². The van der Waals surface area contributed by atoms with Crippen LogP contribution in [0.1, 0.15) is 63.9 Å². The van der Waals surface area contributed by atoms with Gasteiger partial charge in [-0.25, -0.2) is 14.5 Å². The molecule has 1 amide bonds. The standard InChI is InChI=1S/C19H28N4O3/c1-12(2)6-7-14(5)22-17(24)11-26-19(25)16-8-15-10-21-23(13(3)4)18(15)20-9-16/h8-10,12-14H,6-7,11H2,1-5H3,(H,22,24). The van der Waals surface area contributed by atoms with Gasteiger partial charge in [0.2, 0.25) is 0 Å². The second-order valence-electron chi connectivity index (χ2n) is 7.34. The molecule has 0 aromatic carbocycles. The first-order valence-corrected chi connectivity index (χ1v) is 9.07. The molecule has 2 rings (SSSR count). The van der Waals surface area contributed by atoms with Crippen molar-refractivity contribution in [3.8, 4) is 0 Å². The molecule has 0 fully saturated rings. The minimum atomic E-state index is -0.568. The molecule has 0 aliphatic heterocycles. The van der Waals surface area contributed by atoms with Crippen LogP contribution >= 0.6 is 0 Å². The van der Waals surface area contributed by atoms with E-state index >= 15 is 0 Å². The number of carbonyl (C=O) groups is 2. The first-order valence-electron chi connectivity index (χ1n) is 9.07. The molecule has 1 atom stereocenters. The molecule has 0 spiro atoms. The molecule has 0 saturated carbocycles. The van der Waals surface area contributed by atoms with E-state index in [0.29, 0.717) is 17.1 Å². The van der Waals surface area contributed by atoms with Crippen LogP contribution in [0.2, 0.25) is 0 Å². The quantitative estimate of drug-likeness (QED) is 0.731. The van der Waals surface area contributed by atoms with Crippen molar-refractivity contribution in [2.24, 2.45) is 5.92 Å². The summed E-state index contributed by atoms with van der Waals surface area (Å²) in [6.07, 6.45) is 5.06. The molecule has 7 nitrogen and oxygen atoms in total. The third-order valence-corrected chi connectivity index (χ3v) is 4.08. The number of amides is 1. The van der Waals surface area contributed by atoms with Gasteiger partial charge in [-0.3, -0.25) is 4.79 Å². The van der Waals surface area contributed by atoms with Gasteiger partial charge < -0.3 is 10.1 Å². The molecule has 7 heteroatoms. The Bertz CT molecular complexity index is 767. The fourth-order valence-electron chi connectivity index (χ4n) is 2.62. The third kappa shape index (κ3) is 5.28. The van der Waals surface area contributed by atoms with Crippen LogP contribution < -0.4 is 5.32 Å². The van der Waals surface area contributed by atoms with E-state index in [1.165, 1.54) is 6.20 Å². The molecular formula is C19H28N4O3. The molecular weight excluding hydrogens is 332 g/mol. The number of aromatic nitrogens is 3. The summed E-state index contributed by atoms with van der Waals surface area (Å²) in [6.45, 7) is 9.97. The lowest BCUT2D eigenvalue weighted by molar-refractivity contribution is -0.124. The highest BCUT2D eigenvalue weighted by Gasteiger charge is 2.15. The van der Waals surface area contributed by atoms with E-state index in [9.17, 15) is 9.59 Å². The lowest BCUT2D eigenvalue weighted by atomic mass is 10.0. The topological polar surface area (TPSA) is 86.1 Å². The third-order valence-electron chi connectivity index (χ3n) is 4.08. The Balaban J connectivity index is 1.89. The minimum absolute atomic E-state index is 0.0588. The molecule has 26 heavy (non-hydrogen) atoms. The molecule has 0 saturated heterocycles. The van der Waals surface area contributed by atoms with Crippen LogP contribution in [0.15, 0.2) is 18.5 Å². The number of carbonyl (C=O) groups excluding carboxylic acids is 2. The van der Waals surface area contributed by atoms with Crippen molar-refractivity contribution in [1.82, 2.24) is 20.1 Å². The highest BCUT2D eigenvalue weighted by atomic mass is 16.5. The lowest BCUT2D eigenvalue weighted by Crippen LogP contribution is -2.36. The molecule has 1 N–H and O–H groups in total. The van der Waals surface area contributed by atoms with E-state index in [1.54, 1.807) is 16.9 Å². The fraction of sp³-hybridized carbons (Fsp3) is 0.579. The maximum absolute atomic E-state index is 12.2. The van der Waals surface area contributed by atoms with Crippen LogP contribution in [-0.4, -0.2) is 39.3 Å². The largest absolute Gasteiger partial charge is 0.452 e. The summed E-state index contributed by atoms with van der Waals surface area (Å²) in [6, 6.07) is 1.92. The van der Waals surface area contributed by atoms with Crippen molar-refractivity contribution in [3.05, 3.63) is 24.0 Å². The van der Waals surface area contributed by atoms with Crippen molar-refractivity contribution in [2.75, 3.05) is 6.61 Å². The first-order chi connectivity index (χ1) is 12.3. The fourth-order valence-corrected chi connectivity index (χ4v) is 2.62. The lowest BCUT2D eigenvalue weighted by Gasteiger charge is -2.15. The molecule has 2 aromatic rings. The number of nitrogens with one attached hydrogen (secondary N) is 1. The highest BCUT2D eigenvalue weighted by molar-refractivity contribution is 5.94. The summed E-state index contributed by atoms with van der Waals surface area (Å²) in [4.78, 5) is 28.4. The van der Waals surface area contributed by atoms with Gasteiger partial charge >= 0.3 is 5.97 Å². The van der Waals surface area contributed by atoms with Crippen LogP contribution in [0.25, 0.3) is 11.0 Å². The number of pyridine rings is 1. The average molecular weight is 360 g/mol. The van der Waals surface area contributed by atoms with E-state index < -0.39 is 5.97 Å². The van der Waals surface area contributed by atoms with E-state index in [2.05, 4.69) is 29.2 Å². The van der Waals surface area contributed by atoms with Gasteiger partial charge in [0.15, 0.2) is 12.3 Å². The van der Waals surface area contributed by atoms with Crippen molar-refractivity contribution in [3.63, 3.8) is 0 Å². The minimum Gasteiger partial charge on any atom is -0.452 e. The van der Waals surface area contributed by atoms with Crippen LogP contribution in [0, 0.1) is 5.92 Å². The van der Waals surface area contributed by atoms with Crippen molar-refractivity contribution < 1.29 is 14.3 Å². The zero-order chi connectivity index (χ0) is 19.3. The van der Waals surface area contributed by atoms with Gasteiger partial charge in [-0.15, -0.1) is 0 Å². The normalized spacial score (nSPS) is 12.6. The molecule has 1 unspecified atom stereocenters. The molecule has 142 valence electrons. The summed E-state index contributed by atoms with van der Waals surface area (Å²) >= 11 is 0. The summed E-state index contributed by atoms with van der Waals surface area (Å²) in [5, 5.41) is 7.88. The number of rotatable bonds is 8. The van der Waals surface area contributed by atoms with Gasteiger partial charge in [-0.2, -0.15) is 5.10 Å². The number of hydrogen-bond acceptors (Lipinski definition) is 5. The SMILES string of the molecule is CC(C)CCC(C)NC(=O)COC(=O)c1cnc2c(cnn2C(C)C)c1. The van der Waals surface area contributed by atoms with Gasteiger partial charge in [0.25, 0.3) is 5.91 Å². The zero-order valence-electron chi connectivity index (χ0n) is 16.2. The highest BCUT2D eigenvalue weighted by Crippen LogP contribution is 2.17. The summed E-state index contributed by atoms with van der Waals surface area (Å²) < 4.78 is 6.89. The number of hydrogen-bond donors (Lipinski definition) is 1. The predicted molar refractivity (Wildman–Crippen MR) is 99.9 cm³/mol. The second-order valence-corrected chi connectivity index (χ2v) is 7.34. The first kappa shape index (κ1) is 19.9. The maximum atomic E-state index is 12.2. The van der Waals surface area contributed by atoms with Gasteiger partial charge in [0, 0.05) is 23.7 Å². The molecule has 0 aliphatic rings. The number of esters is 1. The van der Waals surface area contributed by atoms with E-state index in [4.69, 9.17) is 4.74 Å². The molecule has 0 radical (unpaired) electrons. The molecule has 2 heterocycles. The summed E-state index contributed by atoms with van der Waals surface area (Å²) in [7, 11) is 0. The van der Waals surface area contributed by atoms with Crippen LogP contribution in [0.3, 0.4) is 0 Å². The summed E-state index contributed by atoms with van der Waals surface area (Å²) in [5.74, 6) is -0.271. The number of ether oxygens (including phenoxy) is 1. The van der Waals surface area contributed by atoms with Crippen LogP contribution in [0.5, 0.6) is 0 Å². The van der Waals surface area contributed by atoms with Crippen molar-refractivity contribution >= 4 is 22.9 Å². The van der Waals surface area contributed by atoms with Crippen LogP contribution in [-0.2, 0) is 9.53 Å². The van der Waals surface area contributed by atoms with E-state index in [1.807, 2.05) is 20.8 Å². The Kier molecular flexibility index (Phi) is 6.71. The Labute approximate surface area is 154 Å². The van der Waals surface area contributed by atoms with Gasteiger partial charge in [-0.05, 0) is 45.6 Å². The van der Waals surface area contributed by atoms with Gasteiger partial charge in [-0.1, -0.05) is 13.8 Å². The van der Waals surface area contributed by atoms with Gasteiger partial charge in [0.1, 0.15) is 0 Å². The predicted octanol–water partition coefficient (Wildman–Crippen LogP) is 3.11. The zero-order valence-corrected chi connectivity index (χ0v) is 16.2. The van der Waals surface area contributed by atoms with E-state index in [-0.39, 0.29) is 24.6 Å². The Morgan fingerprint density at radius 1 is 1.15 bits per heavy atom. The second kappa shape index (κ2) is 8.78. The Morgan fingerprint density at radius 3 is 2.54 bits per heavy atom. The number of nitrogens with zero attached hydrogens (tertiary/aromatic N) is 3.